The van der Waals surface area contributed by atoms with Gasteiger partial charge in [-0.3, -0.25) is 0 Å². The number of imidazole rings is 1. The first-order valence-electron chi connectivity index (χ1n) is 5.93. The lowest BCUT2D eigenvalue weighted by Crippen LogP contribution is -2.07. The van der Waals surface area contributed by atoms with Gasteiger partial charge in [-0.15, -0.1) is 0 Å². The van der Waals surface area contributed by atoms with Gasteiger partial charge in [0.05, 0.1) is 5.52 Å². The number of fused-ring (bicyclic) bond motifs is 1. The van der Waals surface area contributed by atoms with Crippen LogP contribution in [0, 0.1) is 0 Å². The topological polar surface area (TPSA) is 44.8 Å². The van der Waals surface area contributed by atoms with Crippen LogP contribution >= 0.6 is 15.9 Å². The van der Waals surface area contributed by atoms with Crippen LogP contribution in [0.5, 0.6) is 0 Å². The molecule has 0 radical (unpaired) electrons. The molecular weight excluding hydrogens is 304 g/mol. The zero-order valence-corrected chi connectivity index (χ0v) is 12.3. The highest BCUT2D eigenvalue weighted by atomic mass is 79.9. The minimum Gasteiger partial charge on any atom is -0.378 e. The molecule has 0 fully saturated rings. The van der Waals surface area contributed by atoms with Gasteiger partial charge >= 0.3 is 0 Å². The fraction of sp³-hybridized carbons (Fsp3) is 0.143. The first-order chi connectivity index (χ1) is 9.15. The predicted molar refractivity (Wildman–Crippen MR) is 81.4 cm³/mol. The van der Waals surface area contributed by atoms with Gasteiger partial charge in [0.25, 0.3) is 0 Å². The molecule has 0 aliphatic heterocycles. The summed E-state index contributed by atoms with van der Waals surface area (Å²) in [6.45, 7) is 0. The summed E-state index contributed by atoms with van der Waals surface area (Å²) in [6, 6.07) is 10.2. The maximum Gasteiger partial charge on any atom is 0.179 e. The van der Waals surface area contributed by atoms with Gasteiger partial charge in [-0.2, -0.15) is 0 Å². The lowest BCUT2D eigenvalue weighted by Gasteiger charge is -2.11. The first kappa shape index (κ1) is 12.2. The Morgan fingerprint density at radius 2 is 1.84 bits per heavy atom. The van der Waals surface area contributed by atoms with Crippen LogP contribution in [0.15, 0.2) is 41.0 Å². The molecule has 0 atom stereocenters. The van der Waals surface area contributed by atoms with E-state index in [1.54, 1.807) is 6.20 Å². The first-order valence-corrected chi connectivity index (χ1v) is 6.72. The molecule has 5 heteroatoms. The Kier molecular flexibility index (Phi) is 2.98. The highest BCUT2D eigenvalue weighted by molar-refractivity contribution is 9.10. The quantitative estimate of drug-likeness (QED) is 0.787. The molecule has 0 aliphatic rings. The van der Waals surface area contributed by atoms with Gasteiger partial charge in [0, 0.05) is 36.0 Å². The smallest absolute Gasteiger partial charge is 0.179 e. The second-order valence-electron chi connectivity index (χ2n) is 4.52. The van der Waals surface area contributed by atoms with E-state index in [0.29, 0.717) is 0 Å². The minimum absolute atomic E-state index is 0.723. The Labute approximate surface area is 119 Å². The Hall–Kier alpha value is -1.88. The number of anilines is 1. The number of aromatic amines is 1. The summed E-state index contributed by atoms with van der Waals surface area (Å²) in [6.07, 6.45) is 1.74. The number of hydrogen-bond donors (Lipinski definition) is 1. The number of pyridine rings is 1. The van der Waals surface area contributed by atoms with Gasteiger partial charge in [0.2, 0.25) is 0 Å². The number of nitrogens with zero attached hydrogens (tertiary/aromatic N) is 3. The second-order valence-corrected chi connectivity index (χ2v) is 5.37. The van der Waals surface area contributed by atoms with E-state index in [0.717, 1.165) is 27.0 Å². The van der Waals surface area contributed by atoms with Crippen LogP contribution in [-0.2, 0) is 0 Å². The van der Waals surface area contributed by atoms with E-state index in [1.165, 1.54) is 5.69 Å². The third-order valence-corrected chi connectivity index (χ3v) is 3.66. The van der Waals surface area contributed by atoms with Crippen LogP contribution in [0.4, 0.5) is 5.69 Å². The maximum atomic E-state index is 4.51. The molecular formula is C14H13BrN4. The van der Waals surface area contributed by atoms with E-state index in [1.807, 2.05) is 20.2 Å². The van der Waals surface area contributed by atoms with Crippen molar-refractivity contribution in [2.24, 2.45) is 0 Å². The Balaban J connectivity index is 2.06. The van der Waals surface area contributed by atoms with Gasteiger partial charge in [-0.05, 0) is 46.3 Å². The van der Waals surface area contributed by atoms with Crippen LogP contribution in [-0.4, -0.2) is 29.0 Å². The summed E-state index contributed by atoms with van der Waals surface area (Å²) in [4.78, 5) is 14.1. The van der Waals surface area contributed by atoms with Crippen molar-refractivity contribution in [3.63, 3.8) is 0 Å². The molecule has 0 saturated carbocycles. The molecule has 1 aromatic carbocycles. The number of halogens is 1. The van der Waals surface area contributed by atoms with E-state index in [-0.39, 0.29) is 0 Å². The molecule has 3 rings (SSSR count). The summed E-state index contributed by atoms with van der Waals surface area (Å²) in [5.74, 6) is 0.833. The molecule has 0 bridgehead atoms. The van der Waals surface area contributed by atoms with Crippen molar-refractivity contribution in [1.82, 2.24) is 15.0 Å². The van der Waals surface area contributed by atoms with Crippen molar-refractivity contribution in [1.29, 1.82) is 0 Å². The zero-order valence-electron chi connectivity index (χ0n) is 10.7. The van der Waals surface area contributed by atoms with E-state index in [2.05, 4.69) is 60.0 Å². The lowest BCUT2D eigenvalue weighted by atomic mass is 10.2. The van der Waals surface area contributed by atoms with Crippen molar-refractivity contribution in [2.45, 2.75) is 0 Å². The average molecular weight is 317 g/mol. The van der Waals surface area contributed by atoms with Gasteiger partial charge < -0.3 is 9.88 Å². The number of H-pyrrole nitrogens is 1. The Morgan fingerprint density at radius 3 is 2.47 bits per heavy atom. The Bertz CT molecular complexity index is 716. The third-order valence-electron chi connectivity index (χ3n) is 3.00. The summed E-state index contributed by atoms with van der Waals surface area (Å²) in [5, 5.41) is 0. The minimum atomic E-state index is 0.723. The molecule has 0 aliphatic carbocycles. The van der Waals surface area contributed by atoms with E-state index in [9.17, 15) is 0 Å². The molecule has 0 amide bonds. The molecule has 0 unspecified atom stereocenters. The highest BCUT2D eigenvalue weighted by Crippen LogP contribution is 2.25. The molecule has 96 valence electrons. The zero-order chi connectivity index (χ0) is 13.4. The molecule has 2 aromatic heterocycles. The van der Waals surface area contributed by atoms with Crippen molar-refractivity contribution in [3.05, 3.63) is 41.0 Å². The van der Waals surface area contributed by atoms with Crippen LogP contribution in [0.2, 0.25) is 0 Å². The van der Waals surface area contributed by atoms with E-state index >= 15 is 0 Å². The summed E-state index contributed by atoms with van der Waals surface area (Å²) >= 11 is 3.50. The maximum absolute atomic E-state index is 4.51. The van der Waals surface area contributed by atoms with Crippen LogP contribution in [0.1, 0.15) is 0 Å². The normalized spacial score (nSPS) is 10.9. The summed E-state index contributed by atoms with van der Waals surface area (Å²) < 4.78 is 0.973. The SMILES string of the molecule is CN(C)c1ccc(-c2nc3nccc(Br)c3[nH]2)cc1. The number of nitrogens with one attached hydrogen (secondary N) is 1. The van der Waals surface area contributed by atoms with Crippen molar-refractivity contribution in [3.8, 4) is 11.4 Å². The molecule has 4 nitrogen and oxygen atoms in total. The fourth-order valence-electron chi connectivity index (χ4n) is 1.93. The Morgan fingerprint density at radius 1 is 1.11 bits per heavy atom. The van der Waals surface area contributed by atoms with Crippen LogP contribution < -0.4 is 4.90 Å². The summed E-state index contributed by atoms with van der Waals surface area (Å²) in [7, 11) is 4.05. The molecule has 19 heavy (non-hydrogen) atoms. The molecule has 0 saturated heterocycles. The highest BCUT2D eigenvalue weighted by Gasteiger charge is 2.08. The number of aromatic nitrogens is 3. The monoisotopic (exact) mass is 316 g/mol. The number of hydrogen-bond acceptors (Lipinski definition) is 3. The average Bonchev–Trinajstić information content (AvgIpc) is 2.84. The lowest BCUT2D eigenvalue weighted by molar-refractivity contribution is 1.13. The van der Waals surface area contributed by atoms with E-state index in [4.69, 9.17) is 0 Å². The number of rotatable bonds is 2. The van der Waals surface area contributed by atoms with Gasteiger partial charge in [-0.25, -0.2) is 9.97 Å². The molecule has 3 aromatic rings. The van der Waals surface area contributed by atoms with Gasteiger partial charge in [0.1, 0.15) is 5.82 Å². The van der Waals surface area contributed by atoms with Crippen molar-refractivity contribution in [2.75, 3.05) is 19.0 Å². The largest absolute Gasteiger partial charge is 0.378 e. The summed E-state index contributed by atoms with van der Waals surface area (Å²) in [5.41, 5.74) is 3.87. The van der Waals surface area contributed by atoms with Crippen molar-refractivity contribution < 1.29 is 0 Å². The molecule has 1 N–H and O–H groups in total. The van der Waals surface area contributed by atoms with Gasteiger partial charge in [-0.1, -0.05) is 0 Å². The molecule has 0 spiro atoms. The van der Waals surface area contributed by atoms with Crippen LogP contribution in [0.25, 0.3) is 22.6 Å². The second kappa shape index (κ2) is 4.66. The third kappa shape index (κ3) is 2.21. The number of benzene rings is 1. The van der Waals surface area contributed by atoms with Gasteiger partial charge in [0.15, 0.2) is 5.65 Å². The standard InChI is InChI=1S/C14H13BrN4/c1-19(2)10-5-3-9(4-6-10)13-17-12-11(15)7-8-16-14(12)18-13/h3-8H,1-2H3,(H,16,17,18). The van der Waals surface area contributed by atoms with E-state index < -0.39 is 0 Å². The van der Waals surface area contributed by atoms with Crippen LogP contribution in [0.3, 0.4) is 0 Å². The predicted octanol–water partition coefficient (Wildman–Crippen LogP) is 3.45. The molecule has 2 heterocycles. The van der Waals surface area contributed by atoms with Crippen molar-refractivity contribution >= 4 is 32.8 Å². The fourth-order valence-corrected chi connectivity index (χ4v) is 2.33.